The van der Waals surface area contributed by atoms with E-state index in [1.165, 1.54) is 6.33 Å². The molecule has 0 aliphatic heterocycles. The SMILES string of the molecule is Oc1ncnc(-c2cc(Cl)ccc2Br)c1Cl. The summed E-state index contributed by atoms with van der Waals surface area (Å²) in [4.78, 5) is 7.60. The van der Waals surface area contributed by atoms with Crippen molar-refractivity contribution in [3.63, 3.8) is 0 Å². The molecule has 0 unspecified atom stereocenters. The Morgan fingerprint density at radius 3 is 2.69 bits per heavy atom. The fourth-order valence-electron chi connectivity index (χ4n) is 1.23. The molecule has 6 heteroatoms. The second-order valence-corrected chi connectivity index (χ2v) is 4.65. The van der Waals surface area contributed by atoms with E-state index in [4.69, 9.17) is 23.2 Å². The number of aromatic nitrogens is 2. The molecule has 0 fully saturated rings. The molecule has 0 saturated heterocycles. The molecule has 1 N–H and O–H groups in total. The molecular weight excluding hydrogens is 315 g/mol. The number of hydrogen-bond acceptors (Lipinski definition) is 3. The fraction of sp³-hybridized carbons (Fsp3) is 0. The average molecular weight is 320 g/mol. The highest BCUT2D eigenvalue weighted by atomic mass is 79.9. The molecule has 1 aromatic heterocycles. The third-order valence-corrected chi connectivity index (χ3v) is 3.23. The number of hydrogen-bond donors (Lipinski definition) is 1. The second kappa shape index (κ2) is 4.57. The Morgan fingerprint density at radius 1 is 1.19 bits per heavy atom. The van der Waals surface area contributed by atoms with Crippen LogP contribution in [0.3, 0.4) is 0 Å². The van der Waals surface area contributed by atoms with E-state index in [-0.39, 0.29) is 10.9 Å². The van der Waals surface area contributed by atoms with E-state index in [1.807, 2.05) is 0 Å². The van der Waals surface area contributed by atoms with E-state index in [2.05, 4.69) is 25.9 Å². The van der Waals surface area contributed by atoms with Crippen LogP contribution in [-0.2, 0) is 0 Å². The van der Waals surface area contributed by atoms with Crippen molar-refractivity contribution < 1.29 is 5.11 Å². The molecule has 0 aliphatic carbocycles. The van der Waals surface area contributed by atoms with E-state index in [1.54, 1.807) is 18.2 Å². The van der Waals surface area contributed by atoms with E-state index in [0.29, 0.717) is 16.3 Å². The lowest BCUT2D eigenvalue weighted by atomic mass is 10.1. The van der Waals surface area contributed by atoms with Gasteiger partial charge in [0, 0.05) is 15.1 Å². The Kier molecular flexibility index (Phi) is 3.33. The normalized spacial score (nSPS) is 10.4. The minimum atomic E-state index is -0.251. The quantitative estimate of drug-likeness (QED) is 0.866. The van der Waals surface area contributed by atoms with Crippen molar-refractivity contribution in [3.05, 3.63) is 39.0 Å². The number of benzene rings is 1. The van der Waals surface area contributed by atoms with Gasteiger partial charge in [-0.3, -0.25) is 0 Å². The van der Waals surface area contributed by atoms with Crippen LogP contribution >= 0.6 is 39.1 Å². The first-order chi connectivity index (χ1) is 7.59. The maximum atomic E-state index is 9.39. The van der Waals surface area contributed by atoms with Crippen LogP contribution in [0.15, 0.2) is 29.0 Å². The topological polar surface area (TPSA) is 46.0 Å². The molecule has 16 heavy (non-hydrogen) atoms. The summed E-state index contributed by atoms with van der Waals surface area (Å²) in [5, 5.41) is 10.1. The summed E-state index contributed by atoms with van der Waals surface area (Å²) < 4.78 is 0.789. The first-order valence-corrected chi connectivity index (χ1v) is 5.79. The highest BCUT2D eigenvalue weighted by Gasteiger charge is 2.13. The molecule has 0 spiro atoms. The minimum Gasteiger partial charge on any atom is -0.492 e. The smallest absolute Gasteiger partial charge is 0.233 e. The highest BCUT2D eigenvalue weighted by molar-refractivity contribution is 9.10. The Labute approximate surface area is 110 Å². The van der Waals surface area contributed by atoms with Crippen LogP contribution in [0.25, 0.3) is 11.3 Å². The van der Waals surface area contributed by atoms with Gasteiger partial charge in [-0.1, -0.05) is 39.1 Å². The third kappa shape index (κ3) is 2.14. The van der Waals surface area contributed by atoms with E-state index < -0.39 is 0 Å². The lowest BCUT2D eigenvalue weighted by molar-refractivity contribution is 0.452. The molecule has 0 amide bonds. The predicted octanol–water partition coefficient (Wildman–Crippen LogP) is 3.92. The lowest BCUT2D eigenvalue weighted by Crippen LogP contribution is -1.89. The molecule has 82 valence electrons. The standard InChI is InChI=1S/C10H5BrCl2N2O/c11-7-2-1-5(12)3-6(7)9-8(13)10(16)15-4-14-9/h1-4H,(H,14,15,16). The molecular formula is C10H5BrCl2N2O. The van der Waals surface area contributed by atoms with Gasteiger partial charge in [0.25, 0.3) is 0 Å². The van der Waals surface area contributed by atoms with Crippen molar-refractivity contribution in [1.29, 1.82) is 0 Å². The summed E-state index contributed by atoms with van der Waals surface area (Å²) in [6.45, 7) is 0. The van der Waals surface area contributed by atoms with Gasteiger partial charge in [0.05, 0.1) is 5.69 Å². The van der Waals surface area contributed by atoms with Crippen LogP contribution in [-0.4, -0.2) is 15.1 Å². The van der Waals surface area contributed by atoms with Crippen LogP contribution in [0.4, 0.5) is 0 Å². The molecule has 3 nitrogen and oxygen atoms in total. The third-order valence-electron chi connectivity index (χ3n) is 1.95. The number of rotatable bonds is 1. The van der Waals surface area contributed by atoms with Gasteiger partial charge in [0.15, 0.2) is 0 Å². The summed E-state index contributed by atoms with van der Waals surface area (Å²) in [6, 6.07) is 5.23. The van der Waals surface area contributed by atoms with E-state index >= 15 is 0 Å². The molecule has 0 saturated carbocycles. The van der Waals surface area contributed by atoms with Gasteiger partial charge in [-0.2, -0.15) is 0 Å². The van der Waals surface area contributed by atoms with Gasteiger partial charge in [0.2, 0.25) is 5.88 Å². The zero-order valence-electron chi connectivity index (χ0n) is 7.78. The Balaban J connectivity index is 2.67. The molecule has 0 aliphatic rings. The van der Waals surface area contributed by atoms with Crippen LogP contribution in [0.5, 0.6) is 5.88 Å². The van der Waals surface area contributed by atoms with Crippen molar-refractivity contribution in [1.82, 2.24) is 9.97 Å². The van der Waals surface area contributed by atoms with Crippen molar-refractivity contribution in [3.8, 4) is 17.1 Å². The molecule has 1 aromatic carbocycles. The van der Waals surface area contributed by atoms with Gasteiger partial charge in [0.1, 0.15) is 11.3 Å². The summed E-state index contributed by atoms with van der Waals surface area (Å²) in [7, 11) is 0. The second-order valence-electron chi connectivity index (χ2n) is 2.98. The summed E-state index contributed by atoms with van der Waals surface area (Å²) in [5.41, 5.74) is 1.14. The van der Waals surface area contributed by atoms with Crippen molar-refractivity contribution in [2.75, 3.05) is 0 Å². The number of nitrogens with zero attached hydrogens (tertiary/aromatic N) is 2. The molecule has 0 bridgehead atoms. The monoisotopic (exact) mass is 318 g/mol. The van der Waals surface area contributed by atoms with Gasteiger partial charge in [-0.05, 0) is 18.2 Å². The number of halogens is 3. The van der Waals surface area contributed by atoms with Crippen LogP contribution in [0, 0.1) is 0 Å². The lowest BCUT2D eigenvalue weighted by Gasteiger charge is -2.06. The number of aromatic hydroxyl groups is 1. The van der Waals surface area contributed by atoms with Crippen LogP contribution in [0.2, 0.25) is 10.0 Å². The van der Waals surface area contributed by atoms with Gasteiger partial charge in [-0.25, -0.2) is 9.97 Å². The molecule has 0 radical (unpaired) electrons. The van der Waals surface area contributed by atoms with E-state index in [9.17, 15) is 5.11 Å². The first-order valence-electron chi connectivity index (χ1n) is 4.24. The maximum Gasteiger partial charge on any atom is 0.233 e. The largest absolute Gasteiger partial charge is 0.492 e. The zero-order chi connectivity index (χ0) is 11.7. The van der Waals surface area contributed by atoms with Crippen molar-refractivity contribution >= 4 is 39.1 Å². The predicted molar refractivity (Wildman–Crippen MR) is 66.9 cm³/mol. The Hall–Kier alpha value is -0.840. The summed E-state index contributed by atoms with van der Waals surface area (Å²) in [6.07, 6.45) is 1.24. The maximum absolute atomic E-state index is 9.39. The van der Waals surface area contributed by atoms with E-state index in [0.717, 1.165) is 4.47 Å². The van der Waals surface area contributed by atoms with Gasteiger partial charge < -0.3 is 5.11 Å². The molecule has 0 atom stereocenters. The molecule has 2 rings (SSSR count). The van der Waals surface area contributed by atoms with Crippen LogP contribution < -0.4 is 0 Å². The average Bonchev–Trinajstić information content (AvgIpc) is 2.26. The van der Waals surface area contributed by atoms with Crippen LogP contribution in [0.1, 0.15) is 0 Å². The van der Waals surface area contributed by atoms with Crippen molar-refractivity contribution in [2.45, 2.75) is 0 Å². The summed E-state index contributed by atoms with van der Waals surface area (Å²) >= 11 is 15.2. The first kappa shape index (κ1) is 11.6. The molecule has 2 aromatic rings. The van der Waals surface area contributed by atoms with Crippen molar-refractivity contribution in [2.24, 2.45) is 0 Å². The van der Waals surface area contributed by atoms with Gasteiger partial charge >= 0.3 is 0 Å². The molecule has 1 heterocycles. The van der Waals surface area contributed by atoms with Gasteiger partial charge in [-0.15, -0.1) is 0 Å². The Bertz CT molecular complexity index is 548. The minimum absolute atomic E-state index is 0.102. The zero-order valence-corrected chi connectivity index (χ0v) is 10.9. The fourth-order valence-corrected chi connectivity index (χ4v) is 2.03. The summed E-state index contributed by atoms with van der Waals surface area (Å²) in [5.74, 6) is -0.251. The Morgan fingerprint density at radius 2 is 1.94 bits per heavy atom. The highest BCUT2D eigenvalue weighted by Crippen LogP contribution is 2.36.